The Labute approximate surface area is 109 Å². The van der Waals surface area contributed by atoms with Crippen LogP contribution in [0, 0.1) is 0 Å². The molecule has 0 aliphatic carbocycles. The standard InChI is InChI=1S/C12H24N4O2/c1-12(2,14-4)11(18)16-7-5-15(6-8-16)9-10(17)13-3/h14H,5-9H2,1-4H3,(H,13,17). The third kappa shape index (κ3) is 3.68. The molecular weight excluding hydrogens is 232 g/mol. The van der Waals surface area contributed by atoms with Crippen LogP contribution in [0.25, 0.3) is 0 Å². The van der Waals surface area contributed by atoms with Crippen molar-refractivity contribution in [3.8, 4) is 0 Å². The molecule has 6 heteroatoms. The first-order valence-corrected chi connectivity index (χ1v) is 6.32. The number of carbonyl (C=O) groups is 2. The van der Waals surface area contributed by atoms with Gasteiger partial charge in [0, 0.05) is 33.2 Å². The Morgan fingerprint density at radius 3 is 2.11 bits per heavy atom. The van der Waals surface area contributed by atoms with Crippen molar-refractivity contribution >= 4 is 11.8 Å². The molecule has 104 valence electrons. The Balaban J connectivity index is 2.44. The van der Waals surface area contributed by atoms with Crippen LogP contribution in [0.4, 0.5) is 0 Å². The first-order chi connectivity index (χ1) is 8.40. The van der Waals surface area contributed by atoms with Gasteiger partial charge in [0.05, 0.1) is 12.1 Å². The Hall–Kier alpha value is -1.14. The van der Waals surface area contributed by atoms with E-state index in [1.165, 1.54) is 0 Å². The second kappa shape index (κ2) is 6.15. The van der Waals surface area contributed by atoms with Gasteiger partial charge in [0.1, 0.15) is 0 Å². The van der Waals surface area contributed by atoms with Crippen LogP contribution < -0.4 is 10.6 Å². The second-order valence-electron chi connectivity index (χ2n) is 5.12. The Morgan fingerprint density at radius 1 is 1.11 bits per heavy atom. The molecule has 6 nitrogen and oxygen atoms in total. The molecule has 18 heavy (non-hydrogen) atoms. The van der Waals surface area contributed by atoms with E-state index in [1.54, 1.807) is 14.1 Å². The number of hydrogen-bond acceptors (Lipinski definition) is 4. The van der Waals surface area contributed by atoms with Crippen LogP contribution in [0.15, 0.2) is 0 Å². The zero-order valence-electron chi connectivity index (χ0n) is 11.7. The monoisotopic (exact) mass is 256 g/mol. The highest BCUT2D eigenvalue weighted by Gasteiger charge is 2.32. The van der Waals surface area contributed by atoms with E-state index in [9.17, 15) is 9.59 Å². The van der Waals surface area contributed by atoms with Gasteiger partial charge in [0.15, 0.2) is 0 Å². The maximum atomic E-state index is 12.2. The van der Waals surface area contributed by atoms with Crippen LogP contribution in [0.2, 0.25) is 0 Å². The molecule has 0 aromatic heterocycles. The minimum absolute atomic E-state index is 0.0188. The molecule has 0 unspecified atom stereocenters. The maximum Gasteiger partial charge on any atom is 0.242 e. The summed E-state index contributed by atoms with van der Waals surface area (Å²) in [5.41, 5.74) is -0.525. The maximum absolute atomic E-state index is 12.2. The number of nitrogens with one attached hydrogen (secondary N) is 2. The lowest BCUT2D eigenvalue weighted by molar-refractivity contribution is -0.138. The number of piperazine rings is 1. The van der Waals surface area contributed by atoms with E-state index in [4.69, 9.17) is 0 Å². The zero-order chi connectivity index (χ0) is 13.8. The van der Waals surface area contributed by atoms with Crippen molar-refractivity contribution in [1.82, 2.24) is 20.4 Å². The molecule has 0 spiro atoms. The van der Waals surface area contributed by atoms with Crippen molar-refractivity contribution in [2.75, 3.05) is 46.8 Å². The fraction of sp³-hybridized carbons (Fsp3) is 0.833. The summed E-state index contributed by atoms with van der Waals surface area (Å²) in [6, 6.07) is 0. The number of amides is 2. The smallest absolute Gasteiger partial charge is 0.242 e. The lowest BCUT2D eigenvalue weighted by atomic mass is 10.0. The summed E-state index contributed by atoms with van der Waals surface area (Å²) in [4.78, 5) is 27.4. The molecule has 0 bridgehead atoms. The summed E-state index contributed by atoms with van der Waals surface area (Å²) >= 11 is 0. The highest BCUT2D eigenvalue weighted by atomic mass is 16.2. The summed E-state index contributed by atoms with van der Waals surface area (Å²) in [5, 5.41) is 5.63. The van der Waals surface area contributed by atoms with Gasteiger partial charge in [-0.2, -0.15) is 0 Å². The largest absolute Gasteiger partial charge is 0.358 e. The van der Waals surface area contributed by atoms with Gasteiger partial charge in [0.2, 0.25) is 11.8 Å². The lowest BCUT2D eigenvalue weighted by Crippen LogP contribution is -2.58. The van der Waals surface area contributed by atoms with Crippen LogP contribution >= 0.6 is 0 Å². The highest BCUT2D eigenvalue weighted by molar-refractivity contribution is 5.85. The van der Waals surface area contributed by atoms with Gasteiger partial charge in [-0.05, 0) is 20.9 Å². The minimum Gasteiger partial charge on any atom is -0.358 e. The summed E-state index contributed by atoms with van der Waals surface area (Å²) < 4.78 is 0. The van der Waals surface area contributed by atoms with Crippen LogP contribution in [-0.4, -0.2) is 74.0 Å². The van der Waals surface area contributed by atoms with Crippen LogP contribution in [0.1, 0.15) is 13.8 Å². The third-order valence-corrected chi connectivity index (χ3v) is 3.47. The van der Waals surface area contributed by atoms with Crippen molar-refractivity contribution in [3.05, 3.63) is 0 Å². The molecule has 0 atom stereocenters. The second-order valence-corrected chi connectivity index (χ2v) is 5.12. The Morgan fingerprint density at radius 2 is 1.67 bits per heavy atom. The highest BCUT2D eigenvalue weighted by Crippen LogP contribution is 2.10. The minimum atomic E-state index is -0.525. The summed E-state index contributed by atoms with van der Waals surface area (Å²) in [6.45, 7) is 7.03. The number of hydrogen-bond donors (Lipinski definition) is 2. The number of carbonyl (C=O) groups excluding carboxylic acids is 2. The third-order valence-electron chi connectivity index (χ3n) is 3.47. The summed E-state index contributed by atoms with van der Waals surface area (Å²) in [6.07, 6.45) is 0. The van der Waals surface area contributed by atoms with Gasteiger partial charge >= 0.3 is 0 Å². The molecular formula is C12H24N4O2. The van der Waals surface area contributed by atoms with Crippen molar-refractivity contribution in [3.63, 3.8) is 0 Å². The van der Waals surface area contributed by atoms with E-state index < -0.39 is 5.54 Å². The van der Waals surface area contributed by atoms with Crippen molar-refractivity contribution in [2.24, 2.45) is 0 Å². The predicted molar refractivity (Wildman–Crippen MR) is 70.2 cm³/mol. The van der Waals surface area contributed by atoms with E-state index in [0.717, 1.165) is 13.1 Å². The van der Waals surface area contributed by atoms with Crippen molar-refractivity contribution in [2.45, 2.75) is 19.4 Å². The zero-order valence-corrected chi connectivity index (χ0v) is 11.7. The fourth-order valence-electron chi connectivity index (χ4n) is 1.89. The topological polar surface area (TPSA) is 64.7 Å². The molecule has 1 rings (SSSR count). The molecule has 2 amide bonds. The van der Waals surface area contributed by atoms with E-state index in [0.29, 0.717) is 19.6 Å². The van der Waals surface area contributed by atoms with Crippen LogP contribution in [-0.2, 0) is 9.59 Å². The van der Waals surface area contributed by atoms with Crippen molar-refractivity contribution in [1.29, 1.82) is 0 Å². The number of likely N-dealkylation sites (N-methyl/N-ethyl adjacent to an activating group) is 2. The van der Waals surface area contributed by atoms with Crippen LogP contribution in [0.3, 0.4) is 0 Å². The molecule has 0 aromatic rings. The van der Waals surface area contributed by atoms with Gasteiger partial charge in [-0.1, -0.05) is 0 Å². The quantitative estimate of drug-likeness (QED) is 0.668. The molecule has 2 N–H and O–H groups in total. The molecule has 1 heterocycles. The lowest BCUT2D eigenvalue weighted by Gasteiger charge is -2.38. The number of rotatable bonds is 4. The van der Waals surface area contributed by atoms with E-state index in [2.05, 4.69) is 15.5 Å². The molecule has 0 aromatic carbocycles. The molecule has 1 aliphatic rings. The summed E-state index contributed by atoms with van der Waals surface area (Å²) in [7, 11) is 3.43. The molecule has 1 aliphatic heterocycles. The van der Waals surface area contributed by atoms with Gasteiger partial charge in [-0.15, -0.1) is 0 Å². The van der Waals surface area contributed by atoms with Gasteiger partial charge < -0.3 is 15.5 Å². The average molecular weight is 256 g/mol. The predicted octanol–water partition coefficient (Wildman–Crippen LogP) is -1.13. The number of nitrogens with zero attached hydrogens (tertiary/aromatic N) is 2. The van der Waals surface area contributed by atoms with Gasteiger partial charge in [-0.25, -0.2) is 0 Å². The van der Waals surface area contributed by atoms with E-state index >= 15 is 0 Å². The van der Waals surface area contributed by atoms with Gasteiger partial charge in [0.25, 0.3) is 0 Å². The van der Waals surface area contributed by atoms with Gasteiger partial charge in [-0.3, -0.25) is 14.5 Å². The van der Waals surface area contributed by atoms with Crippen LogP contribution in [0.5, 0.6) is 0 Å². The molecule has 0 saturated carbocycles. The first kappa shape index (κ1) is 14.9. The average Bonchev–Trinajstić information content (AvgIpc) is 2.38. The van der Waals surface area contributed by atoms with E-state index in [1.807, 2.05) is 18.7 Å². The van der Waals surface area contributed by atoms with Crippen molar-refractivity contribution < 1.29 is 9.59 Å². The Bertz CT molecular complexity index is 309. The SMILES string of the molecule is CNC(=O)CN1CCN(C(=O)C(C)(C)NC)CC1. The first-order valence-electron chi connectivity index (χ1n) is 6.32. The van der Waals surface area contributed by atoms with E-state index in [-0.39, 0.29) is 11.8 Å². The molecule has 1 fully saturated rings. The fourth-order valence-corrected chi connectivity index (χ4v) is 1.89. The normalized spacial score (nSPS) is 17.7. The Kier molecular flexibility index (Phi) is 5.10. The summed E-state index contributed by atoms with van der Waals surface area (Å²) in [5.74, 6) is 0.134. The molecule has 0 radical (unpaired) electrons. The molecule has 1 saturated heterocycles.